The van der Waals surface area contributed by atoms with Crippen LogP contribution in [-0.2, 0) is 4.79 Å². The van der Waals surface area contributed by atoms with Gasteiger partial charge in [-0.2, -0.15) is 0 Å². The number of rotatable bonds is 7. The van der Waals surface area contributed by atoms with Crippen LogP contribution in [0.2, 0.25) is 0 Å². The molecular weight excluding hydrogens is 204 g/mol. The topological polar surface area (TPSA) is 57.5 Å². The third-order valence-corrected chi connectivity index (χ3v) is 3.11. The van der Waals surface area contributed by atoms with Crippen molar-refractivity contribution in [2.24, 2.45) is 17.8 Å². The van der Waals surface area contributed by atoms with Crippen LogP contribution in [-0.4, -0.2) is 28.2 Å². The van der Waals surface area contributed by atoms with Gasteiger partial charge in [-0.05, 0) is 5.92 Å². The molecule has 3 heteroatoms. The molecule has 0 saturated heterocycles. The summed E-state index contributed by atoms with van der Waals surface area (Å²) in [6, 6.07) is 0. The third-order valence-electron chi connectivity index (χ3n) is 3.11. The molecule has 3 nitrogen and oxygen atoms in total. The van der Waals surface area contributed by atoms with Crippen LogP contribution in [0.3, 0.4) is 0 Å². The molecule has 0 rings (SSSR count). The molecule has 0 fully saturated rings. The van der Waals surface area contributed by atoms with E-state index in [4.69, 9.17) is 0 Å². The van der Waals surface area contributed by atoms with Crippen molar-refractivity contribution in [3.63, 3.8) is 0 Å². The number of carbonyl (C=O) groups excluding carboxylic acids is 1. The van der Waals surface area contributed by atoms with E-state index in [0.717, 1.165) is 0 Å². The minimum absolute atomic E-state index is 0.0603. The summed E-state index contributed by atoms with van der Waals surface area (Å²) in [5, 5.41) is 19.4. The predicted molar refractivity (Wildman–Crippen MR) is 65.0 cm³/mol. The zero-order valence-electron chi connectivity index (χ0n) is 10.7. The number of hydrogen-bond donors (Lipinski definition) is 2. The first-order chi connectivity index (χ1) is 7.31. The van der Waals surface area contributed by atoms with Crippen LogP contribution in [0.4, 0.5) is 0 Å². The molecule has 0 radical (unpaired) electrons. The molecule has 0 saturated carbocycles. The van der Waals surface area contributed by atoms with Crippen molar-refractivity contribution < 1.29 is 15.0 Å². The van der Waals surface area contributed by atoms with Crippen LogP contribution >= 0.6 is 0 Å². The fourth-order valence-electron chi connectivity index (χ4n) is 1.41. The summed E-state index contributed by atoms with van der Waals surface area (Å²) in [5.74, 6) is -0.607. The molecule has 4 atom stereocenters. The number of aliphatic hydroxyl groups excluding tert-OH is 2. The second-order valence-electron chi connectivity index (χ2n) is 4.86. The average molecular weight is 228 g/mol. The minimum atomic E-state index is -0.718. The Hall–Kier alpha value is -0.670. The normalized spacial score (nSPS) is 18.9. The first-order valence-corrected chi connectivity index (χ1v) is 5.82. The summed E-state index contributed by atoms with van der Waals surface area (Å²) < 4.78 is 0. The smallest absolute Gasteiger partial charge is 0.140 e. The molecular formula is C13H24O3. The standard InChI is InChI=1S/C13H24O3/c1-6-9(4)13(16)10(5)12(15)7-11(14)8(2)3/h6,8-11,13-14,16H,1,7H2,2-5H3/t9-,10+,11+,13-/m1/s1. The van der Waals surface area contributed by atoms with E-state index >= 15 is 0 Å². The molecule has 0 aliphatic heterocycles. The Kier molecular flexibility index (Phi) is 6.53. The lowest BCUT2D eigenvalue weighted by Gasteiger charge is -2.23. The van der Waals surface area contributed by atoms with Gasteiger partial charge in [0.1, 0.15) is 5.78 Å². The van der Waals surface area contributed by atoms with E-state index in [1.54, 1.807) is 13.0 Å². The van der Waals surface area contributed by atoms with Gasteiger partial charge >= 0.3 is 0 Å². The fourth-order valence-corrected chi connectivity index (χ4v) is 1.41. The summed E-state index contributed by atoms with van der Waals surface area (Å²) >= 11 is 0. The highest BCUT2D eigenvalue weighted by molar-refractivity contribution is 5.81. The van der Waals surface area contributed by atoms with Crippen LogP contribution in [0.25, 0.3) is 0 Å². The molecule has 94 valence electrons. The van der Waals surface area contributed by atoms with E-state index in [1.807, 2.05) is 20.8 Å². The Bertz CT molecular complexity index is 235. The van der Waals surface area contributed by atoms with Gasteiger partial charge in [0.25, 0.3) is 0 Å². The predicted octanol–water partition coefficient (Wildman–Crippen LogP) is 1.78. The maximum absolute atomic E-state index is 11.8. The van der Waals surface area contributed by atoms with Crippen molar-refractivity contribution in [1.82, 2.24) is 0 Å². The Morgan fingerprint density at radius 2 is 1.75 bits per heavy atom. The van der Waals surface area contributed by atoms with Gasteiger partial charge in [-0.1, -0.05) is 33.8 Å². The largest absolute Gasteiger partial charge is 0.392 e. The van der Waals surface area contributed by atoms with Crippen LogP contribution < -0.4 is 0 Å². The van der Waals surface area contributed by atoms with Gasteiger partial charge in [0, 0.05) is 18.3 Å². The van der Waals surface area contributed by atoms with Crippen LogP contribution in [0.1, 0.15) is 34.1 Å². The molecule has 0 spiro atoms. The summed E-state index contributed by atoms with van der Waals surface area (Å²) in [4.78, 5) is 11.8. The Balaban J connectivity index is 4.33. The number of aliphatic hydroxyl groups is 2. The lowest BCUT2D eigenvalue weighted by Crippen LogP contribution is -2.33. The summed E-state index contributed by atoms with van der Waals surface area (Å²) in [7, 11) is 0. The number of hydrogen-bond acceptors (Lipinski definition) is 3. The van der Waals surface area contributed by atoms with Crippen molar-refractivity contribution in [2.75, 3.05) is 0 Å². The number of carbonyl (C=O) groups is 1. The zero-order chi connectivity index (χ0) is 12.9. The number of ketones is 1. The lowest BCUT2D eigenvalue weighted by molar-refractivity contribution is -0.128. The Labute approximate surface area is 98.2 Å². The summed E-state index contributed by atoms with van der Waals surface area (Å²) in [6.07, 6.45) is 0.401. The van der Waals surface area contributed by atoms with Crippen molar-refractivity contribution in [3.05, 3.63) is 12.7 Å². The van der Waals surface area contributed by atoms with Crippen LogP contribution in [0, 0.1) is 17.8 Å². The van der Waals surface area contributed by atoms with E-state index in [-0.39, 0.29) is 24.0 Å². The van der Waals surface area contributed by atoms with E-state index in [1.165, 1.54) is 0 Å². The van der Waals surface area contributed by atoms with Gasteiger partial charge in [-0.3, -0.25) is 4.79 Å². The maximum Gasteiger partial charge on any atom is 0.140 e. The summed E-state index contributed by atoms with van der Waals surface area (Å²) in [6.45, 7) is 10.8. The van der Waals surface area contributed by atoms with Crippen molar-refractivity contribution >= 4 is 5.78 Å². The average Bonchev–Trinajstić information content (AvgIpc) is 2.25. The highest BCUT2D eigenvalue weighted by atomic mass is 16.3. The molecule has 0 aliphatic carbocycles. The molecule has 0 aromatic rings. The molecule has 0 aromatic carbocycles. The monoisotopic (exact) mass is 228 g/mol. The van der Waals surface area contributed by atoms with Gasteiger partial charge in [-0.15, -0.1) is 6.58 Å². The van der Waals surface area contributed by atoms with E-state index in [2.05, 4.69) is 6.58 Å². The van der Waals surface area contributed by atoms with Crippen molar-refractivity contribution in [2.45, 2.75) is 46.3 Å². The van der Waals surface area contributed by atoms with Gasteiger partial charge in [-0.25, -0.2) is 0 Å². The van der Waals surface area contributed by atoms with Crippen molar-refractivity contribution in [3.8, 4) is 0 Å². The zero-order valence-corrected chi connectivity index (χ0v) is 10.7. The quantitative estimate of drug-likeness (QED) is 0.653. The van der Waals surface area contributed by atoms with Gasteiger partial charge < -0.3 is 10.2 Å². The number of Topliss-reactive ketones (excluding diaryl/α,β-unsaturated/α-hetero) is 1. The van der Waals surface area contributed by atoms with E-state index < -0.39 is 18.1 Å². The lowest BCUT2D eigenvalue weighted by atomic mass is 9.87. The van der Waals surface area contributed by atoms with Gasteiger partial charge in [0.2, 0.25) is 0 Å². The van der Waals surface area contributed by atoms with Crippen LogP contribution in [0.5, 0.6) is 0 Å². The first kappa shape index (κ1) is 15.3. The first-order valence-electron chi connectivity index (χ1n) is 5.82. The molecule has 0 heterocycles. The van der Waals surface area contributed by atoms with Gasteiger partial charge in [0.05, 0.1) is 12.2 Å². The Morgan fingerprint density at radius 3 is 2.12 bits per heavy atom. The molecule has 2 N–H and O–H groups in total. The molecule has 0 amide bonds. The fraction of sp³-hybridized carbons (Fsp3) is 0.769. The second kappa shape index (κ2) is 6.81. The third kappa shape index (κ3) is 4.45. The molecule has 0 aliphatic rings. The molecule has 0 bridgehead atoms. The molecule has 16 heavy (non-hydrogen) atoms. The maximum atomic E-state index is 11.8. The minimum Gasteiger partial charge on any atom is -0.392 e. The second-order valence-corrected chi connectivity index (χ2v) is 4.86. The highest BCUT2D eigenvalue weighted by Crippen LogP contribution is 2.18. The van der Waals surface area contributed by atoms with E-state index in [0.29, 0.717) is 0 Å². The van der Waals surface area contributed by atoms with Gasteiger partial charge in [0.15, 0.2) is 0 Å². The highest BCUT2D eigenvalue weighted by Gasteiger charge is 2.27. The Morgan fingerprint density at radius 1 is 1.25 bits per heavy atom. The van der Waals surface area contributed by atoms with Crippen LogP contribution in [0.15, 0.2) is 12.7 Å². The summed E-state index contributed by atoms with van der Waals surface area (Å²) in [5.41, 5.74) is 0. The van der Waals surface area contributed by atoms with E-state index in [9.17, 15) is 15.0 Å². The SMILES string of the molecule is C=C[C@@H](C)[C@@H](O)[C@@H](C)C(=O)C[C@H](O)C(C)C. The van der Waals surface area contributed by atoms with Crippen molar-refractivity contribution in [1.29, 1.82) is 0 Å². The molecule has 0 unspecified atom stereocenters. The molecule has 0 aromatic heterocycles.